The number of ether oxygens (including phenoxy) is 2. The number of carboxylic acids is 1. The fourth-order valence-electron chi connectivity index (χ4n) is 5.43. The van der Waals surface area contributed by atoms with Crippen LogP contribution in [-0.2, 0) is 25.5 Å². The van der Waals surface area contributed by atoms with Gasteiger partial charge in [0, 0.05) is 36.4 Å². The molecular weight excluding hydrogens is 680 g/mol. The Balaban J connectivity index is 1.62. The predicted molar refractivity (Wildman–Crippen MR) is 190 cm³/mol. The van der Waals surface area contributed by atoms with Gasteiger partial charge in [0.2, 0.25) is 0 Å². The van der Waals surface area contributed by atoms with E-state index in [4.69, 9.17) is 9.47 Å². The van der Waals surface area contributed by atoms with Gasteiger partial charge in [0.1, 0.15) is 18.2 Å². The number of hydrogen-bond acceptors (Lipinski definition) is 9. The molecule has 14 heteroatoms. The molecule has 0 fully saturated rings. The summed E-state index contributed by atoms with van der Waals surface area (Å²) < 4.78 is 73.5. The van der Waals surface area contributed by atoms with Crippen LogP contribution in [-0.4, -0.2) is 67.4 Å². The van der Waals surface area contributed by atoms with E-state index in [2.05, 4.69) is 40.4 Å². The summed E-state index contributed by atoms with van der Waals surface area (Å²) in [4.78, 5) is 27.1. The number of fused-ring (bicyclic) bond motifs is 6. The number of halogens is 2. The Morgan fingerprint density at radius 1 is 1.02 bits per heavy atom. The van der Waals surface area contributed by atoms with E-state index in [-0.39, 0.29) is 70.7 Å². The zero-order valence-corrected chi connectivity index (χ0v) is 30.1. The largest absolute Gasteiger partial charge is 0.494 e. The molecule has 0 saturated carbocycles. The number of anilines is 2. The maximum atomic E-state index is 16.0. The van der Waals surface area contributed by atoms with Crippen LogP contribution >= 0.6 is 0 Å². The van der Waals surface area contributed by atoms with Crippen molar-refractivity contribution in [3.05, 3.63) is 78.5 Å². The van der Waals surface area contributed by atoms with Crippen molar-refractivity contribution in [1.29, 1.82) is 0 Å². The van der Waals surface area contributed by atoms with Crippen LogP contribution in [0.3, 0.4) is 0 Å². The number of pyridine rings is 1. The van der Waals surface area contributed by atoms with E-state index in [0.29, 0.717) is 17.9 Å². The van der Waals surface area contributed by atoms with Crippen LogP contribution in [0.2, 0.25) is 0 Å². The van der Waals surface area contributed by atoms with Gasteiger partial charge < -0.3 is 19.5 Å². The third-order valence-corrected chi connectivity index (χ3v) is 9.55. The molecular formula is C37H43F2N5O6S. The fourth-order valence-corrected chi connectivity index (χ4v) is 6.38. The number of hydrogen-bond donors (Lipinski definition) is 2. The van der Waals surface area contributed by atoms with Gasteiger partial charge in [0.25, 0.3) is 15.9 Å². The van der Waals surface area contributed by atoms with Crippen molar-refractivity contribution in [3.63, 3.8) is 0 Å². The van der Waals surface area contributed by atoms with E-state index in [0.717, 1.165) is 6.42 Å². The summed E-state index contributed by atoms with van der Waals surface area (Å²) in [5.74, 6) is -4.01. The Morgan fingerprint density at radius 3 is 2.51 bits per heavy atom. The molecule has 2 aromatic heterocycles. The zero-order valence-electron chi connectivity index (χ0n) is 29.3. The molecule has 3 heterocycles. The molecule has 2 aromatic carbocycles. The Kier molecular flexibility index (Phi) is 11.0. The molecule has 11 nitrogen and oxygen atoms in total. The van der Waals surface area contributed by atoms with Crippen molar-refractivity contribution in [2.24, 2.45) is 10.8 Å². The number of aromatic nitrogens is 3. The van der Waals surface area contributed by atoms with Gasteiger partial charge in [-0.3, -0.25) is 14.5 Å². The molecule has 0 amide bonds. The zero-order chi connectivity index (χ0) is 37.0. The lowest BCUT2D eigenvalue weighted by Crippen LogP contribution is -2.40. The van der Waals surface area contributed by atoms with Crippen molar-refractivity contribution in [2.45, 2.75) is 58.4 Å². The van der Waals surface area contributed by atoms with Crippen LogP contribution in [0.4, 0.5) is 20.4 Å². The molecule has 4 aromatic rings. The number of benzene rings is 2. The highest BCUT2D eigenvalue weighted by atomic mass is 32.2. The molecule has 272 valence electrons. The normalized spacial score (nSPS) is 16.3. The van der Waals surface area contributed by atoms with Gasteiger partial charge in [-0.2, -0.15) is 17.2 Å². The summed E-state index contributed by atoms with van der Waals surface area (Å²) >= 11 is 0. The maximum absolute atomic E-state index is 16.0. The summed E-state index contributed by atoms with van der Waals surface area (Å²) in [6, 6.07) is 17.2. The van der Waals surface area contributed by atoms with Crippen molar-refractivity contribution in [1.82, 2.24) is 15.0 Å². The average Bonchev–Trinajstić information content (AvgIpc) is 3.06. The Morgan fingerprint density at radius 2 is 1.76 bits per heavy atom. The molecule has 5 rings (SSSR count). The molecule has 0 radical (unpaired) electrons. The lowest BCUT2D eigenvalue weighted by Gasteiger charge is -2.31. The van der Waals surface area contributed by atoms with Gasteiger partial charge in [-0.25, -0.2) is 9.97 Å². The Labute approximate surface area is 297 Å². The highest BCUT2D eigenvalue weighted by Crippen LogP contribution is 2.40. The minimum Gasteiger partial charge on any atom is -0.494 e. The van der Waals surface area contributed by atoms with Gasteiger partial charge >= 0.3 is 5.97 Å². The smallest absolute Gasteiger partial charge is 0.310 e. The second-order valence-corrected chi connectivity index (χ2v) is 16.0. The third-order valence-electron chi connectivity index (χ3n) is 8.29. The topological polar surface area (TPSA) is 144 Å². The molecule has 0 unspecified atom stereocenters. The predicted octanol–water partition coefficient (Wildman–Crippen LogP) is 7.25. The van der Waals surface area contributed by atoms with Gasteiger partial charge in [-0.15, -0.1) is 0 Å². The first-order valence-corrected chi connectivity index (χ1v) is 18.1. The second kappa shape index (κ2) is 14.9. The lowest BCUT2D eigenvalue weighted by atomic mass is 9.93. The molecule has 0 aliphatic carbocycles. The summed E-state index contributed by atoms with van der Waals surface area (Å²) in [5, 5.41) is 9.43. The minimum absolute atomic E-state index is 0.0189. The number of sulfonamides is 1. The van der Waals surface area contributed by atoms with Crippen LogP contribution in [0.15, 0.2) is 78.0 Å². The maximum Gasteiger partial charge on any atom is 0.310 e. The van der Waals surface area contributed by atoms with Crippen molar-refractivity contribution in [3.8, 4) is 28.3 Å². The molecule has 51 heavy (non-hydrogen) atoms. The monoisotopic (exact) mass is 723 g/mol. The second-order valence-electron chi connectivity index (χ2n) is 14.3. The first-order valence-electron chi connectivity index (χ1n) is 16.6. The molecule has 1 aliphatic heterocycles. The third kappa shape index (κ3) is 9.36. The fraction of sp³-hybridized carbons (Fsp3) is 0.405. The molecule has 2 N–H and O–H groups in total. The standard InChI is InChI=1S/C37H43F2N5O6S/c1-35(2,3)17-20-50-26-12-8-11-25(21-26)32-33-27-13-6-7-14-28(27)37(38,39)24-49-19-10-18-44(23-36(4,5)34(45)46)30-15-9-16-31(42-30)51(47,48)43-29(41-33)22-40-32/h6-9,11-16,21-22H,10,17-20,23-24H2,1-5H3,(H,41,43)(H,45,46). The SMILES string of the molecule is CC(C)(C)CCOc1cccc(-c2ncc3nc2-c2ccccc2C(F)(F)COCCCN(CC(C)(C)C(=O)O)c2cccc(n2)S(=O)(=O)N3)c1. The molecule has 0 spiro atoms. The van der Waals surface area contributed by atoms with Gasteiger partial charge in [-0.05, 0) is 56.4 Å². The van der Waals surface area contributed by atoms with Crippen LogP contribution in [0.1, 0.15) is 53.0 Å². The van der Waals surface area contributed by atoms with Crippen molar-refractivity contribution >= 4 is 27.6 Å². The van der Waals surface area contributed by atoms with Gasteiger partial charge in [0.15, 0.2) is 10.8 Å². The minimum atomic E-state index is -4.38. The first kappa shape index (κ1) is 37.6. The summed E-state index contributed by atoms with van der Waals surface area (Å²) in [6.07, 6.45) is 2.25. The number of carboxylic acid groups (broad SMARTS) is 1. The quantitative estimate of drug-likeness (QED) is 0.200. The van der Waals surface area contributed by atoms with E-state index in [9.17, 15) is 18.3 Å². The number of nitrogens with one attached hydrogen (secondary N) is 1. The summed E-state index contributed by atoms with van der Waals surface area (Å²) in [7, 11) is -4.38. The van der Waals surface area contributed by atoms with E-state index in [1.807, 2.05) is 0 Å². The number of aliphatic carboxylic acids is 1. The highest BCUT2D eigenvalue weighted by molar-refractivity contribution is 7.92. The number of rotatable bonds is 7. The lowest BCUT2D eigenvalue weighted by molar-refractivity contribution is -0.146. The Bertz CT molecular complexity index is 1980. The van der Waals surface area contributed by atoms with E-state index >= 15 is 8.78 Å². The first-order chi connectivity index (χ1) is 24.0. The number of carbonyl (C=O) groups is 1. The van der Waals surface area contributed by atoms with Crippen molar-refractivity contribution < 1.29 is 36.6 Å². The molecule has 0 atom stereocenters. The summed E-state index contributed by atoms with van der Waals surface area (Å²) in [6.45, 7) is 8.98. The van der Waals surface area contributed by atoms with E-state index in [1.54, 1.807) is 41.3 Å². The van der Waals surface area contributed by atoms with E-state index in [1.165, 1.54) is 50.4 Å². The summed E-state index contributed by atoms with van der Waals surface area (Å²) in [5.41, 5.74) is -0.733. The van der Waals surface area contributed by atoms with Crippen molar-refractivity contribution in [2.75, 3.05) is 42.5 Å². The average molecular weight is 724 g/mol. The molecule has 1 aliphatic rings. The number of nitrogens with zero attached hydrogens (tertiary/aromatic N) is 4. The highest BCUT2D eigenvalue weighted by Gasteiger charge is 2.36. The van der Waals surface area contributed by atoms with Crippen LogP contribution in [0.5, 0.6) is 5.75 Å². The number of alkyl halides is 2. The van der Waals surface area contributed by atoms with E-state index < -0.39 is 33.9 Å². The van der Waals surface area contributed by atoms with Gasteiger partial charge in [-0.1, -0.05) is 63.2 Å². The molecule has 4 bridgehead atoms. The van der Waals surface area contributed by atoms with Crippen LogP contribution in [0, 0.1) is 10.8 Å². The Hall–Kier alpha value is -4.69. The van der Waals surface area contributed by atoms with Crippen LogP contribution in [0.25, 0.3) is 22.5 Å². The van der Waals surface area contributed by atoms with Gasteiger partial charge in [0.05, 0.1) is 29.6 Å². The molecule has 0 saturated heterocycles. The van der Waals surface area contributed by atoms with Crippen LogP contribution < -0.4 is 14.4 Å².